The molecule has 1 aromatic heterocycles. The molecule has 1 N–H and O–H groups in total. The summed E-state index contributed by atoms with van der Waals surface area (Å²) in [4.78, 5) is 0. The van der Waals surface area contributed by atoms with E-state index >= 15 is 0 Å². The summed E-state index contributed by atoms with van der Waals surface area (Å²) in [6, 6.07) is 2.07. The molecule has 4 heteroatoms. The molecule has 1 aliphatic rings. The second-order valence-electron chi connectivity index (χ2n) is 4.80. The SMILES string of the molecule is Cc1cc(CC2(O)CCCSC2C)n(C)n1. The van der Waals surface area contributed by atoms with E-state index in [2.05, 4.69) is 18.1 Å². The van der Waals surface area contributed by atoms with Crippen LogP contribution in [0.5, 0.6) is 0 Å². The first-order valence-corrected chi connectivity index (χ1v) is 6.90. The summed E-state index contributed by atoms with van der Waals surface area (Å²) in [6.45, 7) is 4.12. The maximum atomic E-state index is 10.7. The Kier molecular flexibility index (Phi) is 3.31. The van der Waals surface area contributed by atoms with Crippen LogP contribution in [-0.2, 0) is 13.5 Å². The van der Waals surface area contributed by atoms with Gasteiger partial charge in [-0.1, -0.05) is 6.92 Å². The van der Waals surface area contributed by atoms with Gasteiger partial charge in [-0.05, 0) is 31.6 Å². The van der Waals surface area contributed by atoms with Gasteiger partial charge in [-0.25, -0.2) is 0 Å². The molecule has 1 aliphatic heterocycles. The predicted octanol–water partition coefficient (Wildman–Crippen LogP) is 1.92. The summed E-state index contributed by atoms with van der Waals surface area (Å²) < 4.78 is 1.89. The lowest BCUT2D eigenvalue weighted by molar-refractivity contribution is 0.0280. The highest BCUT2D eigenvalue weighted by Gasteiger charge is 2.37. The van der Waals surface area contributed by atoms with Crippen molar-refractivity contribution in [1.29, 1.82) is 0 Å². The standard InChI is InChI=1S/C12H20N2OS/c1-9-7-11(14(3)13-9)8-12(15)5-4-6-16-10(12)2/h7,10,15H,4-6,8H2,1-3H3. The molecule has 2 atom stereocenters. The zero-order chi connectivity index (χ0) is 11.8. The van der Waals surface area contributed by atoms with Crippen LogP contribution in [0.4, 0.5) is 0 Å². The lowest BCUT2D eigenvalue weighted by Gasteiger charge is -2.37. The predicted molar refractivity (Wildman–Crippen MR) is 67.8 cm³/mol. The van der Waals surface area contributed by atoms with Crippen molar-refractivity contribution < 1.29 is 5.11 Å². The van der Waals surface area contributed by atoms with Crippen LogP contribution in [0.1, 0.15) is 31.2 Å². The van der Waals surface area contributed by atoms with Crippen LogP contribution in [0, 0.1) is 6.92 Å². The highest BCUT2D eigenvalue weighted by molar-refractivity contribution is 8.00. The summed E-state index contributed by atoms with van der Waals surface area (Å²) in [5.41, 5.74) is 1.61. The molecule has 3 nitrogen and oxygen atoms in total. The Morgan fingerprint density at radius 1 is 1.69 bits per heavy atom. The normalized spacial score (nSPS) is 30.6. The highest BCUT2D eigenvalue weighted by atomic mass is 32.2. The molecule has 0 spiro atoms. The van der Waals surface area contributed by atoms with Crippen molar-refractivity contribution in [3.63, 3.8) is 0 Å². The smallest absolute Gasteiger partial charge is 0.0818 e. The zero-order valence-corrected chi connectivity index (χ0v) is 11.0. The van der Waals surface area contributed by atoms with E-state index in [0.29, 0.717) is 5.25 Å². The number of rotatable bonds is 2. The minimum absolute atomic E-state index is 0.316. The quantitative estimate of drug-likeness (QED) is 0.858. The third kappa shape index (κ3) is 2.28. The molecule has 1 fully saturated rings. The van der Waals surface area contributed by atoms with Crippen LogP contribution in [0.2, 0.25) is 0 Å². The summed E-state index contributed by atoms with van der Waals surface area (Å²) in [5.74, 6) is 1.17. The van der Waals surface area contributed by atoms with Gasteiger partial charge >= 0.3 is 0 Å². The lowest BCUT2D eigenvalue weighted by atomic mass is 9.89. The molecule has 16 heavy (non-hydrogen) atoms. The van der Waals surface area contributed by atoms with Crippen LogP contribution < -0.4 is 0 Å². The molecule has 0 aliphatic carbocycles. The molecule has 2 unspecified atom stereocenters. The Labute approximate surface area is 101 Å². The van der Waals surface area contributed by atoms with Crippen LogP contribution in [0.15, 0.2) is 6.07 Å². The van der Waals surface area contributed by atoms with E-state index in [-0.39, 0.29) is 0 Å². The third-order valence-electron chi connectivity index (χ3n) is 3.46. The number of aliphatic hydroxyl groups is 1. The Hall–Kier alpha value is -0.480. The number of hydrogen-bond acceptors (Lipinski definition) is 3. The van der Waals surface area contributed by atoms with Gasteiger partial charge in [0.15, 0.2) is 0 Å². The molecule has 0 saturated carbocycles. The average molecular weight is 240 g/mol. The maximum absolute atomic E-state index is 10.7. The molecule has 1 saturated heterocycles. The summed E-state index contributed by atoms with van der Waals surface area (Å²) in [7, 11) is 1.95. The maximum Gasteiger partial charge on any atom is 0.0818 e. The minimum Gasteiger partial charge on any atom is -0.388 e. The fourth-order valence-electron chi connectivity index (χ4n) is 2.37. The van der Waals surface area contributed by atoms with Gasteiger partial charge in [0, 0.05) is 24.4 Å². The van der Waals surface area contributed by atoms with E-state index in [1.165, 1.54) is 5.75 Å². The summed E-state index contributed by atoms with van der Waals surface area (Å²) in [6.07, 6.45) is 2.74. The van der Waals surface area contributed by atoms with E-state index in [9.17, 15) is 5.11 Å². The number of thioether (sulfide) groups is 1. The van der Waals surface area contributed by atoms with Gasteiger partial charge in [0.25, 0.3) is 0 Å². The summed E-state index contributed by atoms with van der Waals surface area (Å²) >= 11 is 1.88. The topological polar surface area (TPSA) is 38.0 Å². The largest absolute Gasteiger partial charge is 0.388 e. The van der Waals surface area contributed by atoms with Crippen molar-refractivity contribution in [2.75, 3.05) is 5.75 Å². The van der Waals surface area contributed by atoms with E-state index in [1.54, 1.807) is 0 Å². The molecule has 90 valence electrons. The molecule has 0 bridgehead atoms. The second kappa shape index (κ2) is 4.41. The van der Waals surface area contributed by atoms with Gasteiger partial charge in [0.1, 0.15) is 0 Å². The lowest BCUT2D eigenvalue weighted by Crippen LogP contribution is -2.44. The molecule has 1 aromatic rings. The van der Waals surface area contributed by atoms with E-state index in [1.807, 2.05) is 30.4 Å². The van der Waals surface area contributed by atoms with Crippen molar-refractivity contribution in [3.8, 4) is 0 Å². The molecular weight excluding hydrogens is 220 g/mol. The zero-order valence-electron chi connectivity index (χ0n) is 10.2. The summed E-state index contributed by atoms with van der Waals surface area (Å²) in [5, 5.41) is 15.3. The van der Waals surface area contributed by atoms with Crippen LogP contribution in [-0.4, -0.2) is 31.5 Å². The molecular formula is C12H20N2OS. The Bertz CT molecular complexity index is 377. The van der Waals surface area contributed by atoms with Gasteiger partial charge in [-0.3, -0.25) is 4.68 Å². The first kappa shape index (κ1) is 12.0. The third-order valence-corrected chi connectivity index (χ3v) is 4.93. The van der Waals surface area contributed by atoms with Crippen molar-refractivity contribution >= 4 is 11.8 Å². The number of hydrogen-bond donors (Lipinski definition) is 1. The van der Waals surface area contributed by atoms with Gasteiger partial charge < -0.3 is 5.11 Å². The first-order chi connectivity index (χ1) is 7.51. The molecule has 0 aromatic carbocycles. The van der Waals surface area contributed by atoms with Gasteiger partial charge in [-0.2, -0.15) is 16.9 Å². The number of nitrogens with zero attached hydrogens (tertiary/aromatic N) is 2. The highest BCUT2D eigenvalue weighted by Crippen LogP contribution is 2.36. The second-order valence-corrected chi connectivity index (χ2v) is 6.25. The molecule has 0 radical (unpaired) electrons. The average Bonchev–Trinajstić information content (AvgIpc) is 2.50. The van der Waals surface area contributed by atoms with Crippen molar-refractivity contribution in [2.45, 2.75) is 44.0 Å². The van der Waals surface area contributed by atoms with E-state index in [0.717, 1.165) is 30.7 Å². The minimum atomic E-state index is -0.552. The number of aromatic nitrogens is 2. The van der Waals surface area contributed by atoms with Gasteiger partial charge in [-0.15, -0.1) is 0 Å². The first-order valence-electron chi connectivity index (χ1n) is 5.85. The molecule has 2 heterocycles. The number of aryl methyl sites for hydroxylation is 2. The van der Waals surface area contributed by atoms with Crippen LogP contribution in [0.3, 0.4) is 0 Å². The van der Waals surface area contributed by atoms with Crippen LogP contribution >= 0.6 is 11.8 Å². The van der Waals surface area contributed by atoms with Crippen molar-refractivity contribution in [1.82, 2.24) is 9.78 Å². The van der Waals surface area contributed by atoms with Crippen LogP contribution in [0.25, 0.3) is 0 Å². The van der Waals surface area contributed by atoms with Crippen molar-refractivity contribution in [3.05, 3.63) is 17.5 Å². The van der Waals surface area contributed by atoms with Gasteiger partial charge in [0.2, 0.25) is 0 Å². The molecule has 2 rings (SSSR count). The Morgan fingerprint density at radius 2 is 2.44 bits per heavy atom. The fourth-order valence-corrected chi connectivity index (χ4v) is 3.55. The monoisotopic (exact) mass is 240 g/mol. The van der Waals surface area contributed by atoms with E-state index in [4.69, 9.17) is 0 Å². The Balaban J connectivity index is 2.16. The van der Waals surface area contributed by atoms with Crippen molar-refractivity contribution in [2.24, 2.45) is 7.05 Å². The Morgan fingerprint density at radius 3 is 3.00 bits per heavy atom. The molecule has 0 amide bonds. The van der Waals surface area contributed by atoms with Gasteiger partial charge in [0.05, 0.1) is 11.3 Å². The fraction of sp³-hybridized carbons (Fsp3) is 0.750. The van der Waals surface area contributed by atoms with E-state index < -0.39 is 5.60 Å².